The second-order valence-corrected chi connectivity index (χ2v) is 5.38. The van der Waals surface area contributed by atoms with Crippen LogP contribution in [0, 0.1) is 0 Å². The van der Waals surface area contributed by atoms with E-state index < -0.39 is 0 Å². The summed E-state index contributed by atoms with van der Waals surface area (Å²) in [5.74, 6) is 0.404. The molecule has 0 fully saturated rings. The Labute approximate surface area is 151 Å². The number of carbonyl (C=O) groups is 1. The molecule has 0 spiro atoms. The normalized spacial score (nSPS) is 11.1. The van der Waals surface area contributed by atoms with Crippen molar-refractivity contribution in [3.63, 3.8) is 0 Å². The number of benzene rings is 2. The van der Waals surface area contributed by atoms with Gasteiger partial charge in [-0.1, -0.05) is 36.4 Å². The number of aromatic amines is 1. The number of aromatic nitrogens is 2. The summed E-state index contributed by atoms with van der Waals surface area (Å²) in [5.41, 5.74) is 5.40. The number of carbonyl (C=O) groups excluding carboxylic acids is 1. The second-order valence-electron chi connectivity index (χ2n) is 5.38. The van der Waals surface area contributed by atoms with Crippen molar-refractivity contribution in [1.82, 2.24) is 15.6 Å². The summed E-state index contributed by atoms with van der Waals surface area (Å²) in [5, 5.41) is 10.8. The van der Waals surface area contributed by atoms with Crippen LogP contribution in [-0.2, 0) is 0 Å². The maximum atomic E-state index is 12.1. The molecule has 0 bridgehead atoms. The van der Waals surface area contributed by atoms with Gasteiger partial charge < -0.3 is 4.74 Å². The minimum Gasteiger partial charge on any atom is -0.497 e. The van der Waals surface area contributed by atoms with Crippen LogP contribution in [0.2, 0.25) is 0 Å². The van der Waals surface area contributed by atoms with Crippen molar-refractivity contribution in [2.45, 2.75) is 0 Å². The van der Waals surface area contributed by atoms with Gasteiger partial charge in [0.15, 0.2) is 0 Å². The summed E-state index contributed by atoms with van der Waals surface area (Å²) in [4.78, 5) is 12.1. The predicted molar refractivity (Wildman–Crippen MR) is 102 cm³/mol. The van der Waals surface area contributed by atoms with Crippen LogP contribution >= 0.6 is 0 Å². The smallest absolute Gasteiger partial charge is 0.289 e. The standard InChI is InChI=1S/C20H18N4O2/c1-26-17-11-9-16(10-12-17)18-14-19(23-22-18)20(25)24-21-13-5-8-15-6-3-2-4-7-15/h2-14H,1H3,(H,22,23)(H,24,25)/b8-5+,21-13-. The first kappa shape index (κ1) is 17.2. The fourth-order valence-corrected chi connectivity index (χ4v) is 2.27. The number of hydrazone groups is 1. The first-order chi connectivity index (χ1) is 12.8. The van der Waals surface area contributed by atoms with Gasteiger partial charge in [0.25, 0.3) is 5.91 Å². The number of nitrogens with zero attached hydrogens (tertiary/aromatic N) is 2. The lowest BCUT2D eigenvalue weighted by Gasteiger charge is -1.99. The first-order valence-electron chi connectivity index (χ1n) is 8.01. The molecule has 26 heavy (non-hydrogen) atoms. The predicted octanol–water partition coefficient (Wildman–Crippen LogP) is 3.51. The summed E-state index contributed by atoms with van der Waals surface area (Å²) in [6.45, 7) is 0. The molecular formula is C20H18N4O2. The average Bonchev–Trinajstić information content (AvgIpc) is 3.19. The molecule has 2 N–H and O–H groups in total. The summed E-state index contributed by atoms with van der Waals surface area (Å²) in [6.07, 6.45) is 5.17. The third-order valence-electron chi connectivity index (χ3n) is 3.62. The lowest BCUT2D eigenvalue weighted by molar-refractivity contribution is 0.0950. The second kappa shape index (κ2) is 8.43. The minimum absolute atomic E-state index is 0.333. The molecule has 3 rings (SSSR count). The van der Waals surface area contributed by atoms with Crippen molar-refractivity contribution in [3.05, 3.63) is 78.0 Å². The molecule has 0 saturated heterocycles. The molecule has 0 aliphatic rings. The van der Waals surface area contributed by atoms with Gasteiger partial charge in [-0.3, -0.25) is 9.89 Å². The molecule has 0 aliphatic carbocycles. The van der Waals surface area contributed by atoms with Gasteiger partial charge >= 0.3 is 0 Å². The SMILES string of the molecule is COc1ccc(-c2cc(C(=O)N/N=C\C=C\c3ccccc3)[nH]n2)cc1. The van der Waals surface area contributed by atoms with E-state index in [1.165, 1.54) is 6.21 Å². The molecule has 130 valence electrons. The van der Waals surface area contributed by atoms with Crippen LogP contribution in [0.4, 0.5) is 0 Å². The van der Waals surface area contributed by atoms with E-state index >= 15 is 0 Å². The monoisotopic (exact) mass is 346 g/mol. The summed E-state index contributed by atoms with van der Waals surface area (Å²) in [7, 11) is 1.61. The van der Waals surface area contributed by atoms with Crippen molar-refractivity contribution in [2.24, 2.45) is 5.10 Å². The van der Waals surface area contributed by atoms with Crippen LogP contribution in [0.15, 0.2) is 71.8 Å². The summed E-state index contributed by atoms with van der Waals surface area (Å²) >= 11 is 0. The third-order valence-corrected chi connectivity index (χ3v) is 3.62. The van der Waals surface area contributed by atoms with Crippen LogP contribution in [0.3, 0.4) is 0 Å². The van der Waals surface area contributed by atoms with Crippen molar-refractivity contribution >= 4 is 18.2 Å². The molecule has 1 amide bonds. The van der Waals surface area contributed by atoms with Crippen molar-refractivity contribution in [1.29, 1.82) is 0 Å². The van der Waals surface area contributed by atoms with Gasteiger partial charge in [-0.25, -0.2) is 5.43 Å². The Balaban J connectivity index is 1.57. The Morgan fingerprint density at radius 3 is 2.65 bits per heavy atom. The van der Waals surface area contributed by atoms with Crippen LogP contribution in [0.1, 0.15) is 16.1 Å². The molecule has 2 aromatic carbocycles. The number of rotatable bonds is 6. The number of H-pyrrole nitrogens is 1. The zero-order chi connectivity index (χ0) is 18.2. The van der Waals surface area contributed by atoms with Crippen LogP contribution in [0.25, 0.3) is 17.3 Å². The first-order valence-corrected chi connectivity index (χ1v) is 8.01. The zero-order valence-electron chi connectivity index (χ0n) is 14.2. The maximum absolute atomic E-state index is 12.1. The van der Waals surface area contributed by atoms with Crippen molar-refractivity contribution < 1.29 is 9.53 Å². The van der Waals surface area contributed by atoms with Crippen LogP contribution in [-0.4, -0.2) is 29.4 Å². The third kappa shape index (κ3) is 4.45. The molecule has 0 atom stereocenters. The van der Waals surface area contributed by atoms with E-state index in [4.69, 9.17) is 4.74 Å². The lowest BCUT2D eigenvalue weighted by atomic mass is 10.1. The van der Waals surface area contributed by atoms with Crippen LogP contribution in [0.5, 0.6) is 5.75 Å². The quantitative estimate of drug-likeness (QED) is 0.529. The highest BCUT2D eigenvalue weighted by Crippen LogP contribution is 2.21. The van der Waals surface area contributed by atoms with Gasteiger partial charge in [0, 0.05) is 11.8 Å². The maximum Gasteiger partial charge on any atom is 0.289 e. The minimum atomic E-state index is -0.360. The largest absolute Gasteiger partial charge is 0.497 e. The molecule has 0 aliphatic heterocycles. The molecule has 0 saturated carbocycles. The zero-order valence-corrected chi connectivity index (χ0v) is 14.2. The Bertz CT molecular complexity index is 912. The highest BCUT2D eigenvalue weighted by Gasteiger charge is 2.10. The van der Waals surface area contributed by atoms with E-state index in [9.17, 15) is 4.79 Å². The topological polar surface area (TPSA) is 79.4 Å². The number of hydrogen-bond acceptors (Lipinski definition) is 4. The fourth-order valence-electron chi connectivity index (χ4n) is 2.27. The number of hydrogen-bond donors (Lipinski definition) is 2. The van der Waals surface area contributed by atoms with Gasteiger partial charge in [-0.15, -0.1) is 0 Å². The fraction of sp³-hybridized carbons (Fsp3) is 0.0500. The number of nitrogens with one attached hydrogen (secondary N) is 2. The highest BCUT2D eigenvalue weighted by atomic mass is 16.5. The Kier molecular flexibility index (Phi) is 5.57. The highest BCUT2D eigenvalue weighted by molar-refractivity contribution is 5.94. The van der Waals surface area contributed by atoms with Gasteiger partial charge in [-0.2, -0.15) is 10.2 Å². The van der Waals surface area contributed by atoms with E-state index in [1.54, 1.807) is 19.3 Å². The molecule has 0 radical (unpaired) electrons. The molecule has 6 nitrogen and oxygen atoms in total. The van der Waals surface area contributed by atoms with E-state index in [0.29, 0.717) is 11.4 Å². The Morgan fingerprint density at radius 1 is 1.15 bits per heavy atom. The molecule has 3 aromatic rings. The van der Waals surface area contributed by atoms with Crippen LogP contribution < -0.4 is 10.2 Å². The molecule has 1 aromatic heterocycles. The van der Waals surface area contributed by atoms with Gasteiger partial charge in [0.05, 0.1) is 12.8 Å². The summed E-state index contributed by atoms with van der Waals surface area (Å²) < 4.78 is 5.13. The molecule has 0 unspecified atom stereocenters. The Morgan fingerprint density at radius 2 is 1.92 bits per heavy atom. The van der Waals surface area contributed by atoms with E-state index in [2.05, 4.69) is 20.7 Å². The number of amides is 1. The van der Waals surface area contributed by atoms with Crippen molar-refractivity contribution in [3.8, 4) is 17.0 Å². The van der Waals surface area contributed by atoms with Crippen molar-refractivity contribution in [2.75, 3.05) is 7.11 Å². The van der Waals surface area contributed by atoms with E-state index in [0.717, 1.165) is 16.9 Å². The Hall–Kier alpha value is -3.67. The molecule has 6 heteroatoms. The number of allylic oxidation sites excluding steroid dienone is 1. The van der Waals surface area contributed by atoms with E-state index in [1.807, 2.05) is 60.7 Å². The number of methoxy groups -OCH3 is 1. The van der Waals surface area contributed by atoms with Gasteiger partial charge in [-0.05, 0) is 42.0 Å². The molecular weight excluding hydrogens is 328 g/mol. The average molecular weight is 346 g/mol. The van der Waals surface area contributed by atoms with Gasteiger partial charge in [0.1, 0.15) is 11.4 Å². The number of ether oxygens (including phenoxy) is 1. The van der Waals surface area contributed by atoms with Gasteiger partial charge in [0.2, 0.25) is 0 Å². The van der Waals surface area contributed by atoms with E-state index in [-0.39, 0.29) is 5.91 Å². The summed E-state index contributed by atoms with van der Waals surface area (Å²) in [6, 6.07) is 18.9. The lowest BCUT2D eigenvalue weighted by Crippen LogP contribution is -2.17. The molecule has 1 heterocycles.